The number of hydrogen-bond acceptors (Lipinski definition) is 5. The highest BCUT2D eigenvalue weighted by Gasteiger charge is 2.25. The van der Waals surface area contributed by atoms with E-state index in [-0.39, 0.29) is 17.1 Å². The van der Waals surface area contributed by atoms with Crippen molar-refractivity contribution in [3.8, 4) is 34.0 Å². The second kappa shape index (κ2) is 8.24. The molecule has 0 radical (unpaired) electrons. The van der Waals surface area contributed by atoms with Gasteiger partial charge in [0.25, 0.3) is 0 Å². The topological polar surface area (TPSA) is 76.7 Å². The smallest absolute Gasteiger partial charge is 0.200 e. The van der Waals surface area contributed by atoms with Crippen LogP contribution >= 0.6 is 0 Å². The molecule has 3 aromatic carbocycles. The van der Waals surface area contributed by atoms with Crippen LogP contribution in [0, 0.1) is 6.92 Å². The molecule has 0 saturated carbocycles. The normalized spacial score (nSPS) is 11.0. The molecule has 0 amide bonds. The second-order valence-corrected chi connectivity index (χ2v) is 7.66. The zero-order valence-corrected chi connectivity index (χ0v) is 18.2. The molecule has 33 heavy (non-hydrogen) atoms. The van der Waals surface area contributed by atoms with Crippen LogP contribution in [-0.4, -0.2) is 32.6 Å². The Bertz CT molecular complexity index is 1470. The molecule has 0 aliphatic heterocycles. The van der Waals surface area contributed by atoms with Gasteiger partial charge in [0, 0.05) is 17.2 Å². The number of carbonyl (C=O) groups excluding carboxylic acids is 1. The fraction of sp³-hybridized carbons (Fsp3) is 0.0741. The van der Waals surface area contributed by atoms with Crippen LogP contribution < -0.4 is 4.74 Å². The first-order chi connectivity index (χ1) is 16.1. The number of hydrogen-bond donors (Lipinski definition) is 1. The van der Waals surface area contributed by atoms with Gasteiger partial charge in [0.2, 0.25) is 5.78 Å². The predicted octanol–water partition coefficient (Wildman–Crippen LogP) is 5.32. The van der Waals surface area contributed by atoms with Gasteiger partial charge in [-0.15, -0.1) is 0 Å². The Labute approximate surface area is 190 Å². The second-order valence-electron chi connectivity index (χ2n) is 7.66. The van der Waals surface area contributed by atoms with E-state index >= 15 is 0 Å². The Morgan fingerprint density at radius 1 is 0.909 bits per heavy atom. The number of para-hydroxylation sites is 1. The van der Waals surface area contributed by atoms with Crippen molar-refractivity contribution in [2.24, 2.45) is 0 Å². The summed E-state index contributed by atoms with van der Waals surface area (Å²) in [6, 6.07) is 25.7. The SMILES string of the molecule is COc1ccc(-c2cc3nc(C)c(C(=O)c4ccccc4O)c(-c4ccccc4)n3n2)cc1. The van der Waals surface area contributed by atoms with Gasteiger partial charge >= 0.3 is 0 Å². The van der Waals surface area contributed by atoms with Crippen LogP contribution in [-0.2, 0) is 0 Å². The highest BCUT2D eigenvalue weighted by molar-refractivity contribution is 6.14. The molecule has 6 nitrogen and oxygen atoms in total. The van der Waals surface area contributed by atoms with E-state index in [1.165, 1.54) is 6.07 Å². The minimum absolute atomic E-state index is 0.0691. The van der Waals surface area contributed by atoms with E-state index in [1.807, 2.05) is 60.7 Å². The number of benzene rings is 3. The van der Waals surface area contributed by atoms with Crippen LogP contribution in [0.4, 0.5) is 0 Å². The third-order valence-electron chi connectivity index (χ3n) is 5.59. The summed E-state index contributed by atoms with van der Waals surface area (Å²) in [5, 5.41) is 15.1. The van der Waals surface area contributed by atoms with Crippen molar-refractivity contribution in [3.63, 3.8) is 0 Å². The minimum atomic E-state index is -0.305. The van der Waals surface area contributed by atoms with E-state index in [0.717, 1.165) is 22.6 Å². The van der Waals surface area contributed by atoms with Gasteiger partial charge in [0.05, 0.1) is 35.3 Å². The van der Waals surface area contributed by atoms with Crippen molar-refractivity contribution in [1.29, 1.82) is 0 Å². The molecule has 5 aromatic rings. The number of phenols is 1. The number of carbonyl (C=O) groups is 1. The van der Waals surface area contributed by atoms with Crippen LogP contribution in [0.2, 0.25) is 0 Å². The Morgan fingerprint density at radius 2 is 1.61 bits per heavy atom. The van der Waals surface area contributed by atoms with E-state index in [0.29, 0.717) is 22.6 Å². The molecule has 0 aliphatic carbocycles. The molecule has 2 heterocycles. The maximum absolute atomic E-state index is 13.6. The summed E-state index contributed by atoms with van der Waals surface area (Å²) >= 11 is 0. The average Bonchev–Trinajstić information content (AvgIpc) is 3.27. The fourth-order valence-corrected chi connectivity index (χ4v) is 3.96. The summed E-state index contributed by atoms with van der Waals surface area (Å²) in [7, 11) is 1.63. The monoisotopic (exact) mass is 435 g/mol. The first-order valence-electron chi connectivity index (χ1n) is 10.5. The Kier molecular flexibility index (Phi) is 5.11. The van der Waals surface area contributed by atoms with E-state index < -0.39 is 0 Å². The number of rotatable bonds is 5. The third kappa shape index (κ3) is 3.61. The van der Waals surface area contributed by atoms with E-state index in [2.05, 4.69) is 0 Å². The quantitative estimate of drug-likeness (QED) is 0.378. The minimum Gasteiger partial charge on any atom is -0.507 e. The molecular weight excluding hydrogens is 414 g/mol. The van der Waals surface area contributed by atoms with Gasteiger partial charge in [0.15, 0.2) is 5.65 Å². The number of ketones is 1. The van der Waals surface area contributed by atoms with E-state index in [1.54, 1.807) is 36.7 Å². The Hall–Kier alpha value is -4.45. The fourth-order valence-electron chi connectivity index (χ4n) is 3.96. The molecule has 0 saturated heterocycles. The van der Waals surface area contributed by atoms with Gasteiger partial charge in [0.1, 0.15) is 11.5 Å². The lowest BCUT2D eigenvalue weighted by Gasteiger charge is -2.14. The lowest BCUT2D eigenvalue weighted by molar-refractivity contribution is 0.103. The molecule has 0 aliphatic rings. The predicted molar refractivity (Wildman–Crippen MR) is 127 cm³/mol. The lowest BCUT2D eigenvalue weighted by atomic mass is 9.96. The Balaban J connectivity index is 1.77. The highest BCUT2D eigenvalue weighted by Crippen LogP contribution is 2.32. The number of aryl methyl sites for hydroxylation is 1. The van der Waals surface area contributed by atoms with Gasteiger partial charge in [-0.25, -0.2) is 9.50 Å². The van der Waals surface area contributed by atoms with Crippen LogP contribution in [0.15, 0.2) is 84.9 Å². The van der Waals surface area contributed by atoms with Gasteiger partial charge in [-0.1, -0.05) is 42.5 Å². The van der Waals surface area contributed by atoms with Crippen LogP contribution in [0.3, 0.4) is 0 Å². The lowest BCUT2D eigenvalue weighted by Crippen LogP contribution is -2.12. The molecule has 1 N–H and O–H groups in total. The molecule has 0 atom stereocenters. The van der Waals surface area contributed by atoms with Crippen molar-refractivity contribution >= 4 is 11.4 Å². The Morgan fingerprint density at radius 3 is 2.30 bits per heavy atom. The van der Waals surface area contributed by atoms with E-state index in [9.17, 15) is 9.90 Å². The van der Waals surface area contributed by atoms with Crippen LogP contribution in [0.1, 0.15) is 21.6 Å². The molecular formula is C27H21N3O3. The molecule has 2 aromatic heterocycles. The van der Waals surface area contributed by atoms with Crippen molar-refractivity contribution in [1.82, 2.24) is 14.6 Å². The van der Waals surface area contributed by atoms with Crippen LogP contribution in [0.25, 0.3) is 28.2 Å². The molecule has 0 fully saturated rings. The van der Waals surface area contributed by atoms with Crippen molar-refractivity contribution in [2.45, 2.75) is 6.92 Å². The first kappa shape index (κ1) is 20.5. The summed E-state index contributed by atoms with van der Waals surface area (Å²) in [6.07, 6.45) is 0. The molecule has 6 heteroatoms. The van der Waals surface area contributed by atoms with Gasteiger partial charge < -0.3 is 9.84 Å². The van der Waals surface area contributed by atoms with Crippen molar-refractivity contribution < 1.29 is 14.6 Å². The number of ether oxygens (including phenoxy) is 1. The van der Waals surface area contributed by atoms with E-state index in [4.69, 9.17) is 14.8 Å². The largest absolute Gasteiger partial charge is 0.507 e. The first-order valence-corrected chi connectivity index (χ1v) is 10.5. The number of phenolic OH excluding ortho intramolecular Hbond substituents is 1. The standard InChI is InChI=1S/C27H21N3O3/c1-17-25(27(32)21-10-6-7-11-23(21)31)26(19-8-4-3-5-9-19)30-24(28-17)16-22(29-30)18-12-14-20(33-2)15-13-18/h3-16,31H,1-2H3. The average molecular weight is 435 g/mol. The molecule has 0 bridgehead atoms. The maximum atomic E-state index is 13.6. The van der Waals surface area contributed by atoms with Crippen molar-refractivity contribution in [2.75, 3.05) is 7.11 Å². The number of aromatic nitrogens is 3. The summed E-state index contributed by atoms with van der Waals surface area (Å²) < 4.78 is 6.96. The van der Waals surface area contributed by atoms with Gasteiger partial charge in [-0.3, -0.25) is 4.79 Å². The molecule has 0 unspecified atom stereocenters. The van der Waals surface area contributed by atoms with Crippen molar-refractivity contribution in [3.05, 3.63) is 102 Å². The molecule has 5 rings (SSSR count). The zero-order chi connectivity index (χ0) is 22.9. The number of fused-ring (bicyclic) bond motifs is 1. The number of nitrogens with zero attached hydrogens (tertiary/aromatic N) is 3. The third-order valence-corrected chi connectivity index (χ3v) is 5.59. The summed E-state index contributed by atoms with van der Waals surface area (Å²) in [5.41, 5.74) is 4.92. The molecule has 0 spiro atoms. The highest BCUT2D eigenvalue weighted by atomic mass is 16.5. The number of methoxy groups -OCH3 is 1. The van der Waals surface area contributed by atoms with Crippen LogP contribution in [0.5, 0.6) is 11.5 Å². The summed E-state index contributed by atoms with van der Waals surface area (Å²) in [4.78, 5) is 18.3. The van der Waals surface area contributed by atoms with Gasteiger partial charge in [-0.2, -0.15) is 5.10 Å². The number of aromatic hydroxyl groups is 1. The molecule has 162 valence electrons. The summed E-state index contributed by atoms with van der Waals surface area (Å²) in [5.74, 6) is 0.387. The summed E-state index contributed by atoms with van der Waals surface area (Å²) in [6.45, 7) is 1.81. The van der Waals surface area contributed by atoms with Gasteiger partial charge in [-0.05, 0) is 43.3 Å². The zero-order valence-electron chi connectivity index (χ0n) is 18.2. The maximum Gasteiger partial charge on any atom is 0.200 e.